The van der Waals surface area contributed by atoms with Crippen LogP contribution in [0.1, 0.15) is 37.5 Å². The largest absolute Gasteiger partial charge is 0.324 e. The third kappa shape index (κ3) is 4.38. The fraction of sp³-hybridized carbons (Fsp3) is 0.259. The van der Waals surface area contributed by atoms with Gasteiger partial charge in [0.05, 0.1) is 11.0 Å². The number of nitrogens with zero attached hydrogens (tertiary/aromatic N) is 2. The highest BCUT2D eigenvalue weighted by atomic mass is 16.1. The maximum Gasteiger partial charge on any atom is 0.244 e. The maximum atomic E-state index is 13.0. The van der Waals surface area contributed by atoms with Crippen LogP contribution in [0.15, 0.2) is 66.7 Å². The highest BCUT2D eigenvalue weighted by Crippen LogP contribution is 2.28. The van der Waals surface area contributed by atoms with E-state index < -0.39 is 0 Å². The summed E-state index contributed by atoms with van der Waals surface area (Å²) in [5.74, 6) is 0.738. The Bertz CT molecular complexity index is 1240. The Labute approximate surface area is 183 Å². The molecule has 0 aliphatic carbocycles. The topological polar surface area (TPSA) is 46.9 Å². The summed E-state index contributed by atoms with van der Waals surface area (Å²) in [4.78, 5) is 17.8. The third-order valence-corrected chi connectivity index (χ3v) is 5.63. The van der Waals surface area contributed by atoms with Crippen molar-refractivity contribution in [1.82, 2.24) is 9.55 Å². The predicted octanol–water partition coefficient (Wildman–Crippen LogP) is 6.26. The van der Waals surface area contributed by atoms with E-state index in [1.165, 1.54) is 5.56 Å². The van der Waals surface area contributed by atoms with Crippen molar-refractivity contribution in [1.29, 1.82) is 0 Å². The number of benzene rings is 3. The average Bonchev–Trinajstić information content (AvgIpc) is 3.08. The number of amides is 1. The number of carbonyl (C=O) groups is 1. The Morgan fingerprint density at radius 3 is 2.39 bits per heavy atom. The van der Waals surface area contributed by atoms with E-state index in [1.807, 2.05) is 60.9 Å². The number of hydrogen-bond donors (Lipinski definition) is 1. The van der Waals surface area contributed by atoms with Gasteiger partial charge in [-0.05, 0) is 54.2 Å². The van der Waals surface area contributed by atoms with Gasteiger partial charge in [0, 0.05) is 11.3 Å². The molecule has 0 aliphatic heterocycles. The van der Waals surface area contributed by atoms with Gasteiger partial charge in [-0.3, -0.25) is 4.79 Å². The van der Waals surface area contributed by atoms with Crippen LogP contribution in [-0.4, -0.2) is 15.5 Å². The van der Waals surface area contributed by atoms with E-state index in [4.69, 9.17) is 4.98 Å². The molecule has 0 spiro atoms. The molecule has 1 amide bonds. The molecule has 4 aromatic rings. The molecule has 0 aliphatic rings. The van der Waals surface area contributed by atoms with Gasteiger partial charge in [-0.2, -0.15) is 0 Å². The fourth-order valence-electron chi connectivity index (χ4n) is 3.78. The van der Waals surface area contributed by atoms with Crippen LogP contribution in [-0.2, 0) is 16.8 Å². The number of fused-ring (bicyclic) bond motifs is 1. The first-order valence-corrected chi connectivity index (χ1v) is 10.7. The molecule has 31 heavy (non-hydrogen) atoms. The first-order chi connectivity index (χ1) is 14.7. The van der Waals surface area contributed by atoms with E-state index in [-0.39, 0.29) is 17.9 Å². The molecular weight excluding hydrogens is 382 g/mol. The molecular formula is C27H29N3O. The summed E-state index contributed by atoms with van der Waals surface area (Å²) in [6.07, 6.45) is 0. The second-order valence-electron chi connectivity index (χ2n) is 9.20. The van der Waals surface area contributed by atoms with Crippen LogP contribution < -0.4 is 5.32 Å². The van der Waals surface area contributed by atoms with Gasteiger partial charge in [0.1, 0.15) is 12.4 Å². The van der Waals surface area contributed by atoms with Gasteiger partial charge in [0.2, 0.25) is 5.91 Å². The van der Waals surface area contributed by atoms with Crippen LogP contribution in [0.25, 0.3) is 22.4 Å². The minimum Gasteiger partial charge on any atom is -0.324 e. The van der Waals surface area contributed by atoms with Crippen LogP contribution in [0.4, 0.5) is 5.69 Å². The Morgan fingerprint density at radius 2 is 1.68 bits per heavy atom. The highest BCUT2D eigenvalue weighted by Gasteiger charge is 2.18. The molecule has 1 heterocycles. The van der Waals surface area contributed by atoms with Crippen molar-refractivity contribution in [3.05, 3.63) is 83.4 Å². The summed E-state index contributed by atoms with van der Waals surface area (Å²) in [6.45, 7) is 10.8. The van der Waals surface area contributed by atoms with Gasteiger partial charge in [-0.15, -0.1) is 0 Å². The summed E-state index contributed by atoms with van der Waals surface area (Å²) < 4.78 is 2.00. The lowest BCUT2D eigenvalue weighted by Crippen LogP contribution is -2.20. The third-order valence-electron chi connectivity index (χ3n) is 5.63. The fourth-order valence-corrected chi connectivity index (χ4v) is 3.78. The molecule has 158 valence electrons. The number of aryl methyl sites for hydroxylation is 2. The quantitative estimate of drug-likeness (QED) is 0.431. The molecule has 0 radical (unpaired) electrons. The number of aromatic nitrogens is 2. The monoisotopic (exact) mass is 411 g/mol. The molecule has 1 aromatic heterocycles. The van der Waals surface area contributed by atoms with Crippen molar-refractivity contribution in [2.24, 2.45) is 0 Å². The van der Waals surface area contributed by atoms with Crippen molar-refractivity contribution in [3.8, 4) is 11.4 Å². The lowest BCUT2D eigenvalue weighted by molar-refractivity contribution is -0.116. The van der Waals surface area contributed by atoms with Crippen LogP contribution in [0.5, 0.6) is 0 Å². The second kappa shape index (κ2) is 8.03. The zero-order valence-electron chi connectivity index (χ0n) is 18.9. The van der Waals surface area contributed by atoms with Gasteiger partial charge >= 0.3 is 0 Å². The van der Waals surface area contributed by atoms with Gasteiger partial charge in [0.25, 0.3) is 0 Å². The van der Waals surface area contributed by atoms with E-state index in [0.717, 1.165) is 39.2 Å². The Morgan fingerprint density at radius 1 is 0.968 bits per heavy atom. The molecule has 4 nitrogen and oxygen atoms in total. The number of imidazole rings is 1. The number of rotatable bonds is 4. The first-order valence-electron chi connectivity index (χ1n) is 10.7. The molecule has 3 aromatic carbocycles. The van der Waals surface area contributed by atoms with Crippen molar-refractivity contribution in [2.75, 3.05) is 5.32 Å². The number of hydrogen-bond acceptors (Lipinski definition) is 2. The van der Waals surface area contributed by atoms with Crippen molar-refractivity contribution in [2.45, 2.75) is 46.6 Å². The number of para-hydroxylation sites is 2. The van der Waals surface area contributed by atoms with Gasteiger partial charge < -0.3 is 9.88 Å². The smallest absolute Gasteiger partial charge is 0.244 e. The Balaban J connectivity index is 1.70. The highest BCUT2D eigenvalue weighted by molar-refractivity contribution is 5.93. The van der Waals surface area contributed by atoms with Crippen LogP contribution in [0.2, 0.25) is 0 Å². The average molecular weight is 412 g/mol. The molecule has 4 rings (SSSR count). The lowest BCUT2D eigenvalue weighted by atomic mass is 9.87. The maximum absolute atomic E-state index is 13.0. The molecule has 0 saturated carbocycles. The van der Waals surface area contributed by atoms with E-state index in [1.54, 1.807) is 0 Å². The summed E-state index contributed by atoms with van der Waals surface area (Å²) in [5.41, 5.74) is 7.22. The molecule has 0 saturated heterocycles. The minimum atomic E-state index is -0.0654. The molecule has 0 unspecified atom stereocenters. The Kier molecular flexibility index (Phi) is 5.40. The van der Waals surface area contributed by atoms with E-state index in [0.29, 0.717) is 0 Å². The number of anilines is 1. The zero-order valence-corrected chi connectivity index (χ0v) is 18.9. The molecule has 1 N–H and O–H groups in total. The first kappa shape index (κ1) is 20.9. The van der Waals surface area contributed by atoms with Crippen LogP contribution in [0.3, 0.4) is 0 Å². The second-order valence-corrected chi connectivity index (χ2v) is 9.20. The SMILES string of the molecule is Cc1ccc(C)c(NC(=O)Cn2c(-c3ccc(C(C)(C)C)cc3)nc3ccccc32)c1. The van der Waals surface area contributed by atoms with Gasteiger partial charge in [0.15, 0.2) is 0 Å². The van der Waals surface area contributed by atoms with Crippen molar-refractivity contribution in [3.63, 3.8) is 0 Å². The summed E-state index contributed by atoms with van der Waals surface area (Å²) in [6, 6.07) is 22.5. The van der Waals surface area contributed by atoms with E-state index in [2.05, 4.69) is 50.4 Å². The predicted molar refractivity (Wildman–Crippen MR) is 128 cm³/mol. The van der Waals surface area contributed by atoms with E-state index in [9.17, 15) is 4.79 Å². The van der Waals surface area contributed by atoms with E-state index >= 15 is 0 Å². The summed E-state index contributed by atoms with van der Waals surface area (Å²) in [7, 11) is 0. The summed E-state index contributed by atoms with van der Waals surface area (Å²) >= 11 is 0. The Hall–Kier alpha value is -3.40. The van der Waals surface area contributed by atoms with Crippen molar-refractivity contribution >= 4 is 22.6 Å². The number of nitrogens with one attached hydrogen (secondary N) is 1. The normalized spacial score (nSPS) is 11.6. The van der Waals surface area contributed by atoms with Gasteiger partial charge in [-0.25, -0.2) is 4.98 Å². The van der Waals surface area contributed by atoms with Crippen LogP contribution >= 0.6 is 0 Å². The van der Waals surface area contributed by atoms with Crippen LogP contribution in [0, 0.1) is 13.8 Å². The molecule has 0 fully saturated rings. The number of carbonyl (C=O) groups excluding carboxylic acids is 1. The molecule has 0 bridgehead atoms. The zero-order chi connectivity index (χ0) is 22.2. The summed E-state index contributed by atoms with van der Waals surface area (Å²) in [5, 5.41) is 3.07. The standard InChI is InChI=1S/C27H29N3O/c1-18-10-11-19(2)23(16-18)28-25(31)17-30-24-9-7-6-8-22(24)29-26(30)20-12-14-21(15-13-20)27(3,4)5/h6-16H,17H2,1-5H3,(H,28,31). The van der Waals surface area contributed by atoms with Crippen molar-refractivity contribution < 1.29 is 4.79 Å². The molecule has 0 atom stereocenters. The van der Waals surface area contributed by atoms with Gasteiger partial charge in [-0.1, -0.05) is 69.3 Å². The molecule has 4 heteroatoms. The minimum absolute atomic E-state index is 0.0654. The lowest BCUT2D eigenvalue weighted by Gasteiger charge is -2.19.